The highest BCUT2D eigenvalue weighted by molar-refractivity contribution is 9.11. The topological polar surface area (TPSA) is 126 Å². The molecule has 10 nitrogen and oxygen atoms in total. The molecule has 3 N–H and O–H groups in total. The second kappa shape index (κ2) is 11.7. The third-order valence-corrected chi connectivity index (χ3v) is 9.16. The molecule has 0 fully saturated rings. The van der Waals surface area contributed by atoms with E-state index >= 15 is 0 Å². The van der Waals surface area contributed by atoms with Gasteiger partial charge in [-0.25, -0.2) is 19.2 Å². The third kappa shape index (κ3) is 6.12. The van der Waals surface area contributed by atoms with Crippen LogP contribution in [0.3, 0.4) is 0 Å². The number of nitrogens with zero attached hydrogens (tertiary/aromatic N) is 3. The van der Waals surface area contributed by atoms with Crippen LogP contribution in [0, 0.1) is 0 Å². The SMILES string of the molecule is C=S(=O)(Nc1nc2ccccc2nc1N(O)c1cc(OC)cc(OC)c1)c1cccc(NC(=O)c2ccsc2Br)c1. The fraction of sp³-hybridized carbons (Fsp3) is 0.0714. The maximum atomic E-state index is 14.0. The first-order chi connectivity index (χ1) is 19.7. The Bertz CT molecular complexity index is 1840. The number of amides is 1. The summed E-state index contributed by atoms with van der Waals surface area (Å²) in [7, 11) is -0.271. The Hall–Kier alpha value is -4.17. The molecule has 5 aromatic rings. The molecule has 210 valence electrons. The largest absolute Gasteiger partial charge is 0.497 e. The summed E-state index contributed by atoms with van der Waals surface area (Å²) in [6.45, 7) is 0. The smallest absolute Gasteiger partial charge is 0.257 e. The van der Waals surface area contributed by atoms with Gasteiger partial charge in [0, 0.05) is 23.9 Å². The summed E-state index contributed by atoms with van der Waals surface area (Å²) in [6, 6.07) is 20.2. The number of rotatable bonds is 9. The van der Waals surface area contributed by atoms with Gasteiger partial charge in [-0.1, -0.05) is 18.2 Å². The summed E-state index contributed by atoms with van der Waals surface area (Å²) in [6.07, 6.45) is 0. The van der Waals surface area contributed by atoms with Gasteiger partial charge < -0.3 is 14.8 Å². The molecule has 0 spiro atoms. The highest BCUT2D eigenvalue weighted by atomic mass is 79.9. The van der Waals surface area contributed by atoms with Crippen molar-refractivity contribution in [1.82, 2.24) is 9.97 Å². The molecule has 1 atom stereocenters. The van der Waals surface area contributed by atoms with Crippen LogP contribution in [0.5, 0.6) is 11.5 Å². The number of thiophene rings is 1. The van der Waals surface area contributed by atoms with Crippen LogP contribution in [0.25, 0.3) is 11.0 Å². The van der Waals surface area contributed by atoms with Gasteiger partial charge in [-0.2, -0.15) is 0 Å². The van der Waals surface area contributed by atoms with E-state index < -0.39 is 9.71 Å². The predicted octanol–water partition coefficient (Wildman–Crippen LogP) is 6.35. The fourth-order valence-corrected chi connectivity index (χ4v) is 6.32. The maximum Gasteiger partial charge on any atom is 0.257 e. The van der Waals surface area contributed by atoms with E-state index in [1.807, 2.05) is 0 Å². The predicted molar refractivity (Wildman–Crippen MR) is 167 cm³/mol. The number of hydrogen-bond donors (Lipinski definition) is 3. The molecule has 13 heteroatoms. The van der Waals surface area contributed by atoms with E-state index in [1.165, 1.54) is 25.6 Å². The minimum absolute atomic E-state index is 0.0182. The van der Waals surface area contributed by atoms with Crippen molar-refractivity contribution in [2.45, 2.75) is 4.90 Å². The molecule has 0 aliphatic carbocycles. The molecule has 2 heterocycles. The molecule has 3 aromatic carbocycles. The monoisotopic (exact) mass is 653 g/mol. The van der Waals surface area contributed by atoms with E-state index in [4.69, 9.17) is 9.47 Å². The van der Waals surface area contributed by atoms with Crippen LogP contribution in [0.15, 0.2) is 86.9 Å². The molecule has 0 saturated carbocycles. The van der Waals surface area contributed by atoms with Crippen molar-refractivity contribution in [1.29, 1.82) is 0 Å². The van der Waals surface area contributed by atoms with Crippen LogP contribution in [0.2, 0.25) is 0 Å². The van der Waals surface area contributed by atoms with E-state index in [-0.39, 0.29) is 23.2 Å². The Labute approximate surface area is 248 Å². The van der Waals surface area contributed by atoms with Gasteiger partial charge in [0.1, 0.15) is 11.5 Å². The third-order valence-electron chi connectivity index (χ3n) is 5.93. The average molecular weight is 655 g/mol. The van der Waals surface area contributed by atoms with E-state index in [9.17, 15) is 14.2 Å². The number of methoxy groups -OCH3 is 2. The number of hydrogen-bond acceptors (Lipinski definition) is 9. The van der Waals surface area contributed by atoms with Gasteiger partial charge in [-0.15, -0.1) is 11.3 Å². The van der Waals surface area contributed by atoms with Crippen molar-refractivity contribution in [3.05, 3.63) is 87.5 Å². The Morgan fingerprint density at radius 3 is 2.32 bits per heavy atom. The van der Waals surface area contributed by atoms with Crippen molar-refractivity contribution in [2.24, 2.45) is 0 Å². The lowest BCUT2D eigenvalue weighted by Crippen LogP contribution is -2.20. The standard InChI is InChI=1S/C28H24BrN5O5S2/c1-38-19-14-18(15-20(16-19)39-2)34(36)27-26(31-23-9-4-5-10-24(23)32-27)33-41(3,37)21-8-6-7-17(13-21)30-28(35)22-11-12-40-25(22)29/h4-16,36H,3H2,1-2H3,(H,30,35)(H,31,33,37). The molecule has 0 radical (unpaired) electrons. The second-order valence-corrected chi connectivity index (χ2v) is 12.9. The number of carbonyl (C=O) groups is 1. The fourth-order valence-electron chi connectivity index (χ4n) is 3.89. The lowest BCUT2D eigenvalue weighted by atomic mass is 10.2. The van der Waals surface area contributed by atoms with E-state index in [0.717, 1.165) is 5.06 Å². The van der Waals surface area contributed by atoms with Crippen LogP contribution in [-0.2, 0) is 9.71 Å². The van der Waals surface area contributed by atoms with Crippen molar-refractivity contribution in [3.63, 3.8) is 0 Å². The van der Waals surface area contributed by atoms with Gasteiger partial charge in [0.15, 0.2) is 5.82 Å². The minimum atomic E-state index is -3.26. The Morgan fingerprint density at radius 2 is 1.68 bits per heavy atom. The first-order valence-corrected chi connectivity index (χ1v) is 15.4. The van der Waals surface area contributed by atoms with E-state index in [1.54, 1.807) is 78.2 Å². The number of benzene rings is 3. The molecule has 41 heavy (non-hydrogen) atoms. The van der Waals surface area contributed by atoms with Crippen LogP contribution in [0.1, 0.15) is 10.4 Å². The summed E-state index contributed by atoms with van der Waals surface area (Å²) in [4.78, 5) is 22.2. The number of halogens is 1. The lowest BCUT2D eigenvalue weighted by Gasteiger charge is -2.22. The van der Waals surface area contributed by atoms with Crippen molar-refractivity contribution < 1.29 is 23.7 Å². The zero-order valence-corrected chi connectivity index (χ0v) is 25.0. The van der Waals surface area contributed by atoms with Gasteiger partial charge in [0.2, 0.25) is 5.82 Å². The zero-order chi connectivity index (χ0) is 29.1. The van der Waals surface area contributed by atoms with E-state index in [2.05, 4.69) is 41.8 Å². The highest BCUT2D eigenvalue weighted by Crippen LogP contribution is 2.35. The van der Waals surface area contributed by atoms with Crippen LogP contribution in [0.4, 0.5) is 23.0 Å². The molecule has 0 aliphatic rings. The van der Waals surface area contributed by atoms with Crippen LogP contribution in [-0.4, -0.2) is 45.4 Å². The molecule has 0 bridgehead atoms. The normalized spacial score (nSPS) is 12.4. The Kier molecular flexibility index (Phi) is 8.13. The lowest BCUT2D eigenvalue weighted by molar-refractivity contribution is 0.102. The zero-order valence-electron chi connectivity index (χ0n) is 21.8. The van der Waals surface area contributed by atoms with Gasteiger partial charge in [-0.3, -0.25) is 14.7 Å². The van der Waals surface area contributed by atoms with Crippen molar-refractivity contribution in [3.8, 4) is 11.5 Å². The highest BCUT2D eigenvalue weighted by Gasteiger charge is 2.21. The molecule has 1 unspecified atom stereocenters. The van der Waals surface area contributed by atoms with Crippen molar-refractivity contribution in [2.75, 3.05) is 29.3 Å². The number of nitrogens with one attached hydrogen (secondary N) is 2. The van der Waals surface area contributed by atoms with Gasteiger partial charge in [0.25, 0.3) is 5.91 Å². The first-order valence-electron chi connectivity index (χ1n) is 12.0. The summed E-state index contributed by atoms with van der Waals surface area (Å²) >= 11 is 4.77. The van der Waals surface area contributed by atoms with Gasteiger partial charge in [0.05, 0.1) is 54.9 Å². The summed E-state index contributed by atoms with van der Waals surface area (Å²) < 4.78 is 28.2. The molecule has 0 aliphatic heterocycles. The quantitative estimate of drug-likeness (QED) is 0.124. The number of fused-ring (bicyclic) bond motifs is 1. The Morgan fingerprint density at radius 1 is 1.00 bits per heavy atom. The molecule has 1 amide bonds. The van der Waals surface area contributed by atoms with Crippen LogP contribution >= 0.6 is 27.3 Å². The summed E-state index contributed by atoms with van der Waals surface area (Å²) in [5.41, 5.74) is 2.20. The summed E-state index contributed by atoms with van der Waals surface area (Å²) in [5, 5.41) is 16.7. The van der Waals surface area contributed by atoms with Crippen LogP contribution < -0.4 is 24.6 Å². The molecule has 2 aromatic heterocycles. The number of aromatic nitrogens is 2. The number of anilines is 4. The minimum Gasteiger partial charge on any atom is -0.497 e. The maximum absolute atomic E-state index is 14.0. The molecule has 0 saturated heterocycles. The van der Waals surface area contributed by atoms with Gasteiger partial charge in [-0.05, 0) is 63.6 Å². The molecular formula is C28H24BrN5O5S2. The number of carbonyl (C=O) groups excluding carboxylic acids is 1. The van der Waals surface area contributed by atoms with Gasteiger partial charge >= 0.3 is 0 Å². The second-order valence-electron chi connectivity index (χ2n) is 8.63. The Balaban J connectivity index is 1.52. The number of ether oxygens (including phenoxy) is 2. The van der Waals surface area contributed by atoms with Crippen molar-refractivity contribution >= 4 is 82.8 Å². The average Bonchev–Trinajstić information content (AvgIpc) is 3.42. The number of para-hydroxylation sites is 2. The summed E-state index contributed by atoms with van der Waals surface area (Å²) in [5.74, 6) is 4.48. The molecular weight excluding hydrogens is 630 g/mol. The first kappa shape index (κ1) is 28.4. The molecule has 5 rings (SSSR count). The van der Waals surface area contributed by atoms with E-state index in [0.29, 0.717) is 42.5 Å².